The van der Waals surface area contributed by atoms with E-state index in [2.05, 4.69) is 20.1 Å². The molecule has 0 saturated carbocycles. The summed E-state index contributed by atoms with van der Waals surface area (Å²) in [6.07, 6.45) is 0. The molecule has 30 heavy (non-hydrogen) atoms. The summed E-state index contributed by atoms with van der Waals surface area (Å²) in [6.45, 7) is 9.52. The van der Waals surface area contributed by atoms with E-state index in [0.29, 0.717) is 0 Å². The van der Waals surface area contributed by atoms with Crippen molar-refractivity contribution in [3.8, 4) is 0 Å². The van der Waals surface area contributed by atoms with Crippen molar-refractivity contribution < 1.29 is 28.7 Å². The summed E-state index contributed by atoms with van der Waals surface area (Å²) < 4.78 is 9.07. The van der Waals surface area contributed by atoms with Gasteiger partial charge in [-0.25, -0.2) is 4.79 Å². The van der Waals surface area contributed by atoms with Crippen LogP contribution in [0.1, 0.15) is 41.5 Å². The van der Waals surface area contributed by atoms with Gasteiger partial charge in [0.05, 0.1) is 43.2 Å². The van der Waals surface area contributed by atoms with Crippen LogP contribution in [0.3, 0.4) is 0 Å². The van der Waals surface area contributed by atoms with Crippen LogP contribution in [0, 0.1) is 5.92 Å². The number of ether oxygens (including phenoxy) is 2. The van der Waals surface area contributed by atoms with Gasteiger partial charge in [-0.3, -0.25) is 14.4 Å². The molecule has 8 nitrogen and oxygen atoms in total. The third-order valence-electron chi connectivity index (χ3n) is 4.18. The Kier molecular flexibility index (Phi) is 12.9. The maximum atomic E-state index is 11.5. The highest BCUT2D eigenvalue weighted by Gasteiger charge is 2.40. The molecule has 4 unspecified atom stereocenters. The molecule has 0 aliphatic heterocycles. The highest BCUT2D eigenvalue weighted by Crippen LogP contribution is 2.36. The lowest BCUT2D eigenvalue weighted by Gasteiger charge is -2.36. The van der Waals surface area contributed by atoms with Gasteiger partial charge in [0.15, 0.2) is 0 Å². The van der Waals surface area contributed by atoms with Crippen molar-refractivity contribution in [3.63, 3.8) is 0 Å². The van der Waals surface area contributed by atoms with E-state index in [-0.39, 0.29) is 11.8 Å². The molecular formula is C18H30B4N2O6. The van der Waals surface area contributed by atoms with Gasteiger partial charge in [0.1, 0.15) is 13.9 Å². The lowest BCUT2D eigenvalue weighted by molar-refractivity contribution is -0.147. The first kappa shape index (κ1) is 30.3. The van der Waals surface area contributed by atoms with Gasteiger partial charge < -0.3 is 20.1 Å². The summed E-state index contributed by atoms with van der Waals surface area (Å²) in [7, 11) is 25.5. The molecule has 2 N–H and O–H groups in total. The zero-order valence-electron chi connectivity index (χ0n) is 19.1. The smallest absolute Gasteiger partial charge is 0.327 e. The van der Waals surface area contributed by atoms with E-state index in [4.69, 9.17) is 31.4 Å². The Morgan fingerprint density at radius 1 is 0.867 bits per heavy atom. The Morgan fingerprint density at radius 2 is 1.33 bits per heavy atom. The molecule has 160 valence electrons. The van der Waals surface area contributed by atoms with E-state index in [0.717, 1.165) is 0 Å². The summed E-state index contributed by atoms with van der Waals surface area (Å²) in [5.74, 6) is -3.64. The molecule has 0 saturated heterocycles. The van der Waals surface area contributed by atoms with Crippen LogP contribution in [0.5, 0.6) is 0 Å². The van der Waals surface area contributed by atoms with E-state index in [1.807, 2.05) is 0 Å². The monoisotopic (exact) mass is 414 g/mol. The van der Waals surface area contributed by atoms with Gasteiger partial charge in [-0.05, 0) is 5.82 Å². The molecule has 0 aromatic heterocycles. The summed E-state index contributed by atoms with van der Waals surface area (Å²) >= 11 is 0. The van der Waals surface area contributed by atoms with E-state index in [1.54, 1.807) is 27.7 Å². The molecule has 0 aromatic carbocycles. The Balaban J connectivity index is 0. The maximum Gasteiger partial charge on any atom is 0.327 e. The van der Waals surface area contributed by atoms with Crippen molar-refractivity contribution in [1.29, 1.82) is 0 Å². The van der Waals surface area contributed by atoms with Gasteiger partial charge in [0.2, 0.25) is 11.8 Å². The zero-order valence-corrected chi connectivity index (χ0v) is 19.1. The first-order valence-electron chi connectivity index (χ1n) is 9.26. The fourth-order valence-electron chi connectivity index (χ4n) is 2.33. The van der Waals surface area contributed by atoms with Crippen molar-refractivity contribution in [2.24, 2.45) is 5.92 Å². The first-order chi connectivity index (χ1) is 13.4. The first-order valence-corrected chi connectivity index (χ1v) is 9.26. The number of rotatable bonds is 8. The largest absolute Gasteiger partial charge is 0.468 e. The standard InChI is InChI=1S/2C9H15B2NO3/c1-5(13)12-6(8(14)15-4)7(10)9(2,3)11;1-5(2)7(10)9(11,8(14)15-4)12-6(3)13/h6-7H,1-4H3,(H,12,13);5,7H,1-4H3,(H,12,13). The van der Waals surface area contributed by atoms with Gasteiger partial charge in [-0.2, -0.15) is 0 Å². The van der Waals surface area contributed by atoms with Crippen LogP contribution in [-0.2, 0) is 28.7 Å². The zero-order chi connectivity index (χ0) is 24.4. The van der Waals surface area contributed by atoms with Crippen LogP contribution in [0.2, 0.25) is 16.9 Å². The Morgan fingerprint density at radius 3 is 1.60 bits per heavy atom. The van der Waals surface area contributed by atoms with Crippen LogP contribution in [0.25, 0.3) is 0 Å². The van der Waals surface area contributed by atoms with Crippen LogP contribution in [0.4, 0.5) is 0 Å². The van der Waals surface area contributed by atoms with Crippen molar-refractivity contribution in [1.82, 2.24) is 10.6 Å². The summed E-state index contributed by atoms with van der Waals surface area (Å²) in [5, 5.41) is 3.96. The maximum absolute atomic E-state index is 11.5. The molecule has 4 atom stereocenters. The SMILES string of the molecule is [B]C(C(C)C)C([B])(NC(C)=O)C(=O)OC.[B]C(C(NC(C)=O)C(=O)OC)C([B])(C)C. The molecule has 0 rings (SSSR count). The molecular weight excluding hydrogens is 383 g/mol. The molecule has 0 aromatic rings. The number of hydrogen-bond donors (Lipinski definition) is 2. The normalized spacial score (nSPS) is 15.9. The number of nitrogens with one attached hydrogen (secondary N) is 2. The number of esters is 2. The Labute approximate surface area is 185 Å². The number of methoxy groups -OCH3 is 2. The van der Waals surface area contributed by atoms with Gasteiger partial charge in [-0.1, -0.05) is 44.7 Å². The van der Waals surface area contributed by atoms with Crippen molar-refractivity contribution in [3.05, 3.63) is 0 Å². The fraction of sp³-hybridized carbons (Fsp3) is 0.778. The molecule has 0 heterocycles. The second-order valence-electron chi connectivity index (χ2n) is 7.86. The minimum Gasteiger partial charge on any atom is -0.468 e. The lowest BCUT2D eigenvalue weighted by Crippen LogP contribution is -2.59. The molecule has 2 amide bonds. The number of carbonyl (C=O) groups is 4. The minimum absolute atomic E-state index is 0.0686. The second kappa shape index (κ2) is 12.7. The van der Waals surface area contributed by atoms with Crippen molar-refractivity contribution in [2.45, 2.75) is 70.0 Å². The van der Waals surface area contributed by atoms with E-state index >= 15 is 0 Å². The van der Waals surface area contributed by atoms with Crippen LogP contribution < -0.4 is 10.6 Å². The summed E-state index contributed by atoms with van der Waals surface area (Å²) in [4.78, 5) is 44.7. The van der Waals surface area contributed by atoms with Crippen LogP contribution >= 0.6 is 0 Å². The summed E-state index contributed by atoms with van der Waals surface area (Å²) in [5.41, 5.74) is -1.67. The third-order valence-corrected chi connectivity index (χ3v) is 4.18. The average Bonchev–Trinajstić information content (AvgIpc) is 2.62. The third kappa shape index (κ3) is 9.76. The Hall–Kier alpha value is -1.86. The lowest BCUT2D eigenvalue weighted by atomic mass is 9.54. The van der Waals surface area contributed by atoms with E-state index in [1.165, 1.54) is 28.1 Å². The highest BCUT2D eigenvalue weighted by atomic mass is 16.5. The van der Waals surface area contributed by atoms with E-state index < -0.39 is 46.3 Å². The van der Waals surface area contributed by atoms with Crippen molar-refractivity contribution >= 4 is 55.1 Å². The average molecular weight is 414 g/mol. The molecule has 8 radical (unpaired) electrons. The molecule has 0 fully saturated rings. The predicted octanol–water partition coefficient (Wildman–Crippen LogP) is -0.239. The number of carbonyl (C=O) groups excluding carboxylic acids is 4. The number of hydrogen-bond acceptors (Lipinski definition) is 6. The fourth-order valence-corrected chi connectivity index (χ4v) is 2.33. The van der Waals surface area contributed by atoms with Crippen molar-refractivity contribution in [2.75, 3.05) is 14.2 Å². The molecule has 0 aliphatic rings. The quantitative estimate of drug-likeness (QED) is 0.420. The number of amides is 2. The van der Waals surface area contributed by atoms with Crippen LogP contribution in [-0.4, -0.2) is 80.8 Å². The van der Waals surface area contributed by atoms with Gasteiger partial charge in [-0.15, -0.1) is 0 Å². The molecule has 0 spiro atoms. The highest BCUT2D eigenvalue weighted by molar-refractivity contribution is 6.34. The topological polar surface area (TPSA) is 111 Å². The summed E-state index contributed by atoms with van der Waals surface area (Å²) in [6, 6.07) is -0.924. The minimum atomic E-state index is -1.67. The van der Waals surface area contributed by atoms with Crippen LogP contribution in [0.15, 0.2) is 0 Å². The molecule has 0 aliphatic carbocycles. The van der Waals surface area contributed by atoms with Gasteiger partial charge in [0, 0.05) is 13.8 Å². The van der Waals surface area contributed by atoms with Gasteiger partial charge in [0.25, 0.3) is 0 Å². The molecule has 12 heteroatoms. The molecule has 0 bridgehead atoms. The van der Waals surface area contributed by atoms with E-state index in [9.17, 15) is 19.2 Å². The Bertz CT molecular complexity index is 612. The predicted molar refractivity (Wildman–Crippen MR) is 118 cm³/mol. The van der Waals surface area contributed by atoms with Gasteiger partial charge >= 0.3 is 11.9 Å². The second-order valence-corrected chi connectivity index (χ2v) is 7.86.